The summed E-state index contributed by atoms with van der Waals surface area (Å²) in [5.41, 5.74) is 2.74. The molecule has 1 aromatic carbocycles. The van der Waals surface area contributed by atoms with Gasteiger partial charge in [0.05, 0.1) is 11.8 Å². The molecule has 1 saturated heterocycles. The summed E-state index contributed by atoms with van der Waals surface area (Å²) >= 11 is 0. The van der Waals surface area contributed by atoms with Crippen molar-refractivity contribution >= 4 is 5.91 Å². The largest absolute Gasteiger partial charge is 0.472 e. The minimum Gasteiger partial charge on any atom is -0.472 e. The molecule has 0 bridgehead atoms. The third-order valence-corrected chi connectivity index (χ3v) is 5.44. The minimum absolute atomic E-state index is 0.0317. The van der Waals surface area contributed by atoms with Crippen LogP contribution in [0.25, 0.3) is 0 Å². The van der Waals surface area contributed by atoms with E-state index in [4.69, 9.17) is 4.42 Å². The Labute approximate surface area is 163 Å². The molecule has 28 heavy (non-hydrogen) atoms. The number of piperidine rings is 1. The predicted molar refractivity (Wildman–Crippen MR) is 104 cm³/mol. The Bertz CT molecular complexity index is 931. The van der Waals surface area contributed by atoms with Crippen LogP contribution in [0.1, 0.15) is 40.3 Å². The molecule has 0 radical (unpaired) electrons. The first-order valence-corrected chi connectivity index (χ1v) is 9.67. The van der Waals surface area contributed by atoms with Gasteiger partial charge >= 0.3 is 0 Å². The standard InChI is InChI=1S/C22H24FN3O2/c1-16-12-24-21(26(16)14-17-4-6-20(23)7-5-17)11-18-3-2-9-25(13-18)22(27)19-8-10-28-15-19/h4-8,10,12,15,18H,2-3,9,11,13-14H2,1H3. The number of aromatic nitrogens is 2. The lowest BCUT2D eigenvalue weighted by molar-refractivity contribution is 0.0671. The maximum absolute atomic E-state index is 13.2. The van der Waals surface area contributed by atoms with E-state index in [0.29, 0.717) is 18.0 Å². The second kappa shape index (κ2) is 8.00. The number of benzene rings is 1. The van der Waals surface area contributed by atoms with Crippen LogP contribution in [0, 0.1) is 18.7 Å². The van der Waals surface area contributed by atoms with Crippen LogP contribution in [-0.4, -0.2) is 33.4 Å². The van der Waals surface area contributed by atoms with Gasteiger partial charge in [0.25, 0.3) is 5.91 Å². The van der Waals surface area contributed by atoms with Gasteiger partial charge in [-0.05, 0) is 49.4 Å². The van der Waals surface area contributed by atoms with Crippen molar-refractivity contribution in [1.29, 1.82) is 0 Å². The number of hydrogen-bond acceptors (Lipinski definition) is 3. The fourth-order valence-corrected chi connectivity index (χ4v) is 3.91. The average molecular weight is 381 g/mol. The highest BCUT2D eigenvalue weighted by Crippen LogP contribution is 2.23. The quantitative estimate of drug-likeness (QED) is 0.670. The Kier molecular flexibility index (Phi) is 5.28. The molecule has 0 saturated carbocycles. The molecular weight excluding hydrogens is 357 g/mol. The van der Waals surface area contributed by atoms with Crippen molar-refractivity contribution in [3.8, 4) is 0 Å². The molecule has 2 aromatic heterocycles. The maximum Gasteiger partial charge on any atom is 0.257 e. The van der Waals surface area contributed by atoms with Crippen LogP contribution in [0.15, 0.2) is 53.5 Å². The molecule has 1 aliphatic rings. The predicted octanol–water partition coefficient (Wildman–Crippen LogP) is 4.07. The molecule has 1 aliphatic heterocycles. The normalized spacial score (nSPS) is 17.1. The Morgan fingerprint density at radius 2 is 2.11 bits per heavy atom. The van der Waals surface area contributed by atoms with Crippen LogP contribution < -0.4 is 0 Å². The summed E-state index contributed by atoms with van der Waals surface area (Å²) in [5, 5.41) is 0. The van der Waals surface area contributed by atoms with Crippen molar-refractivity contribution in [2.24, 2.45) is 5.92 Å². The molecule has 4 rings (SSSR count). The van der Waals surface area contributed by atoms with E-state index in [0.717, 1.165) is 49.4 Å². The Balaban J connectivity index is 1.45. The van der Waals surface area contributed by atoms with Crippen LogP contribution in [0.3, 0.4) is 0 Å². The van der Waals surface area contributed by atoms with Crippen LogP contribution >= 0.6 is 0 Å². The molecule has 0 spiro atoms. The zero-order chi connectivity index (χ0) is 19.5. The van der Waals surface area contributed by atoms with E-state index in [1.54, 1.807) is 6.07 Å². The number of hydrogen-bond donors (Lipinski definition) is 0. The maximum atomic E-state index is 13.2. The molecular formula is C22H24FN3O2. The van der Waals surface area contributed by atoms with Crippen LogP contribution in [-0.2, 0) is 13.0 Å². The van der Waals surface area contributed by atoms with E-state index < -0.39 is 0 Å². The fourth-order valence-electron chi connectivity index (χ4n) is 3.91. The molecule has 6 heteroatoms. The monoisotopic (exact) mass is 381 g/mol. The molecule has 5 nitrogen and oxygen atoms in total. The van der Waals surface area contributed by atoms with Crippen LogP contribution in [0.2, 0.25) is 0 Å². The van der Waals surface area contributed by atoms with Crippen molar-refractivity contribution < 1.29 is 13.6 Å². The Hall–Kier alpha value is -2.89. The molecule has 146 valence electrons. The van der Waals surface area contributed by atoms with Gasteiger partial charge in [-0.3, -0.25) is 4.79 Å². The topological polar surface area (TPSA) is 51.3 Å². The van der Waals surface area contributed by atoms with Crippen LogP contribution in [0.4, 0.5) is 4.39 Å². The van der Waals surface area contributed by atoms with Gasteiger partial charge in [-0.15, -0.1) is 0 Å². The van der Waals surface area contributed by atoms with Crippen molar-refractivity contribution in [2.75, 3.05) is 13.1 Å². The number of carbonyl (C=O) groups is 1. The number of amides is 1. The fraction of sp³-hybridized carbons (Fsp3) is 0.364. The number of furan rings is 1. The number of nitrogens with zero attached hydrogens (tertiary/aromatic N) is 3. The van der Waals surface area contributed by atoms with Gasteiger partial charge in [-0.2, -0.15) is 0 Å². The lowest BCUT2D eigenvalue weighted by Crippen LogP contribution is -2.40. The SMILES string of the molecule is Cc1cnc(CC2CCCN(C(=O)c3ccoc3)C2)n1Cc1ccc(F)cc1. The van der Waals surface area contributed by atoms with Crippen molar-refractivity contribution in [3.63, 3.8) is 0 Å². The Morgan fingerprint density at radius 3 is 2.86 bits per heavy atom. The number of carbonyl (C=O) groups excluding carboxylic acids is 1. The minimum atomic E-state index is -0.226. The van der Waals surface area contributed by atoms with E-state index in [9.17, 15) is 9.18 Å². The number of aryl methyl sites for hydroxylation is 1. The van der Waals surface area contributed by atoms with Gasteiger partial charge in [-0.25, -0.2) is 9.37 Å². The van der Waals surface area contributed by atoms with E-state index in [1.807, 2.05) is 30.2 Å². The molecule has 0 N–H and O–H groups in total. The van der Waals surface area contributed by atoms with Gasteiger partial charge < -0.3 is 13.9 Å². The summed E-state index contributed by atoms with van der Waals surface area (Å²) in [6, 6.07) is 8.31. The van der Waals surface area contributed by atoms with Crippen LogP contribution in [0.5, 0.6) is 0 Å². The highest BCUT2D eigenvalue weighted by atomic mass is 19.1. The molecule has 1 fully saturated rings. The molecule has 1 unspecified atom stereocenters. The molecule has 3 aromatic rings. The van der Waals surface area contributed by atoms with Gasteiger partial charge in [0.2, 0.25) is 0 Å². The first-order valence-electron chi connectivity index (χ1n) is 9.67. The lowest BCUT2D eigenvalue weighted by atomic mass is 9.94. The summed E-state index contributed by atoms with van der Waals surface area (Å²) in [6.45, 7) is 4.22. The summed E-state index contributed by atoms with van der Waals surface area (Å²) in [4.78, 5) is 19.1. The zero-order valence-electron chi connectivity index (χ0n) is 16.0. The van der Waals surface area contributed by atoms with Crippen molar-refractivity contribution in [1.82, 2.24) is 14.5 Å². The first-order chi connectivity index (χ1) is 13.6. The molecule has 1 amide bonds. The van der Waals surface area contributed by atoms with Crippen molar-refractivity contribution in [2.45, 2.75) is 32.7 Å². The summed E-state index contributed by atoms with van der Waals surface area (Å²) < 4.78 is 20.4. The highest BCUT2D eigenvalue weighted by molar-refractivity contribution is 5.93. The second-order valence-electron chi connectivity index (χ2n) is 7.50. The first kappa shape index (κ1) is 18.5. The summed E-state index contributed by atoms with van der Waals surface area (Å²) in [5.74, 6) is 1.20. The molecule has 0 aliphatic carbocycles. The number of imidazole rings is 1. The van der Waals surface area contributed by atoms with E-state index in [2.05, 4.69) is 9.55 Å². The number of halogens is 1. The van der Waals surface area contributed by atoms with Crippen molar-refractivity contribution in [3.05, 3.63) is 77.5 Å². The van der Waals surface area contributed by atoms with Gasteiger partial charge in [-0.1, -0.05) is 12.1 Å². The average Bonchev–Trinajstić information content (AvgIpc) is 3.35. The lowest BCUT2D eigenvalue weighted by Gasteiger charge is -2.32. The third kappa shape index (κ3) is 4.01. The third-order valence-electron chi connectivity index (χ3n) is 5.44. The number of rotatable bonds is 5. The molecule has 1 atom stereocenters. The van der Waals surface area contributed by atoms with E-state index >= 15 is 0 Å². The summed E-state index contributed by atoms with van der Waals surface area (Å²) in [7, 11) is 0. The smallest absolute Gasteiger partial charge is 0.257 e. The molecule has 3 heterocycles. The van der Waals surface area contributed by atoms with Gasteiger partial charge in [0, 0.05) is 37.9 Å². The van der Waals surface area contributed by atoms with Gasteiger partial charge in [0.15, 0.2) is 0 Å². The number of likely N-dealkylation sites (tertiary alicyclic amines) is 1. The van der Waals surface area contributed by atoms with Gasteiger partial charge in [0.1, 0.15) is 17.9 Å². The second-order valence-corrected chi connectivity index (χ2v) is 7.50. The zero-order valence-corrected chi connectivity index (χ0v) is 16.0. The van der Waals surface area contributed by atoms with E-state index in [-0.39, 0.29) is 11.7 Å². The summed E-state index contributed by atoms with van der Waals surface area (Å²) in [6.07, 6.45) is 7.82. The van der Waals surface area contributed by atoms with E-state index in [1.165, 1.54) is 24.7 Å². The Morgan fingerprint density at radius 1 is 1.29 bits per heavy atom. The highest BCUT2D eigenvalue weighted by Gasteiger charge is 2.26.